The van der Waals surface area contributed by atoms with Gasteiger partial charge >= 0.3 is 0 Å². The number of amides is 1. The highest BCUT2D eigenvalue weighted by molar-refractivity contribution is 5.94. The fourth-order valence-corrected chi connectivity index (χ4v) is 1.93. The largest absolute Gasteiger partial charge is 0.385 e. The summed E-state index contributed by atoms with van der Waals surface area (Å²) in [6, 6.07) is 7.74. The fraction of sp³-hybridized carbons (Fsp3) is 0.533. The van der Waals surface area contributed by atoms with Crippen molar-refractivity contribution >= 4 is 11.6 Å². The molecule has 0 heterocycles. The van der Waals surface area contributed by atoms with E-state index in [1.807, 2.05) is 24.3 Å². The molecule has 1 aromatic carbocycles. The van der Waals surface area contributed by atoms with Crippen LogP contribution in [-0.4, -0.2) is 39.3 Å². The van der Waals surface area contributed by atoms with Crippen molar-refractivity contribution in [3.05, 3.63) is 29.8 Å². The van der Waals surface area contributed by atoms with Crippen molar-refractivity contribution in [2.75, 3.05) is 38.3 Å². The first-order valence-electron chi connectivity index (χ1n) is 6.85. The van der Waals surface area contributed by atoms with E-state index in [4.69, 9.17) is 4.74 Å². The predicted molar refractivity (Wildman–Crippen MR) is 78.8 cm³/mol. The number of anilines is 1. The molecule has 0 aliphatic heterocycles. The normalized spacial score (nSPS) is 10.3. The lowest BCUT2D eigenvalue weighted by atomic mass is 10.2. The Balaban J connectivity index is 2.53. The molecule has 0 bridgehead atoms. The molecule has 19 heavy (non-hydrogen) atoms. The van der Waals surface area contributed by atoms with E-state index in [9.17, 15) is 4.79 Å². The number of methoxy groups -OCH3 is 1. The SMILES string of the molecule is CCN(CC)c1ccc(C(=O)NCCCOC)cc1. The van der Waals surface area contributed by atoms with Crippen LogP contribution >= 0.6 is 0 Å². The van der Waals surface area contributed by atoms with Gasteiger partial charge in [-0.15, -0.1) is 0 Å². The summed E-state index contributed by atoms with van der Waals surface area (Å²) in [5, 5.41) is 2.88. The third-order valence-corrected chi connectivity index (χ3v) is 3.07. The zero-order valence-corrected chi connectivity index (χ0v) is 12.1. The van der Waals surface area contributed by atoms with Gasteiger partial charge in [0.25, 0.3) is 5.91 Å². The second-order valence-corrected chi connectivity index (χ2v) is 4.32. The Kier molecular flexibility index (Phi) is 6.97. The predicted octanol–water partition coefficient (Wildman–Crippen LogP) is 2.30. The summed E-state index contributed by atoms with van der Waals surface area (Å²) in [5.74, 6) is -0.0257. The zero-order valence-electron chi connectivity index (χ0n) is 12.1. The number of hydrogen-bond donors (Lipinski definition) is 1. The Bertz CT molecular complexity index is 372. The molecular formula is C15H24N2O2. The number of benzene rings is 1. The lowest BCUT2D eigenvalue weighted by Crippen LogP contribution is -2.25. The molecule has 0 aromatic heterocycles. The molecule has 0 saturated carbocycles. The number of nitrogens with zero attached hydrogens (tertiary/aromatic N) is 1. The summed E-state index contributed by atoms with van der Waals surface area (Å²) in [6.45, 7) is 7.50. The van der Waals surface area contributed by atoms with Gasteiger partial charge in [0.15, 0.2) is 0 Å². The molecule has 4 nitrogen and oxygen atoms in total. The van der Waals surface area contributed by atoms with Gasteiger partial charge in [-0.2, -0.15) is 0 Å². The number of hydrogen-bond acceptors (Lipinski definition) is 3. The van der Waals surface area contributed by atoms with Crippen LogP contribution in [0.2, 0.25) is 0 Å². The maximum absolute atomic E-state index is 11.9. The van der Waals surface area contributed by atoms with Crippen molar-refractivity contribution in [1.82, 2.24) is 5.32 Å². The summed E-state index contributed by atoms with van der Waals surface area (Å²) in [4.78, 5) is 14.1. The van der Waals surface area contributed by atoms with Gasteiger partial charge in [-0.05, 0) is 44.5 Å². The molecule has 0 radical (unpaired) electrons. The Morgan fingerprint density at radius 3 is 2.37 bits per heavy atom. The van der Waals surface area contributed by atoms with Crippen molar-refractivity contribution in [2.45, 2.75) is 20.3 Å². The average Bonchev–Trinajstić information content (AvgIpc) is 2.45. The highest BCUT2D eigenvalue weighted by Crippen LogP contribution is 2.14. The van der Waals surface area contributed by atoms with Crippen molar-refractivity contribution in [2.24, 2.45) is 0 Å². The molecule has 0 unspecified atom stereocenters. The first kappa shape index (κ1) is 15.5. The molecule has 0 saturated heterocycles. The molecule has 0 aliphatic rings. The quantitative estimate of drug-likeness (QED) is 0.733. The molecule has 0 fully saturated rings. The second-order valence-electron chi connectivity index (χ2n) is 4.32. The van der Waals surface area contributed by atoms with Gasteiger partial charge in [0.05, 0.1) is 0 Å². The minimum absolute atomic E-state index is 0.0257. The van der Waals surface area contributed by atoms with Gasteiger partial charge in [-0.3, -0.25) is 4.79 Å². The number of nitrogens with one attached hydrogen (secondary N) is 1. The smallest absolute Gasteiger partial charge is 0.251 e. The van der Waals surface area contributed by atoms with Crippen LogP contribution in [-0.2, 0) is 4.74 Å². The van der Waals surface area contributed by atoms with Crippen molar-refractivity contribution in [1.29, 1.82) is 0 Å². The number of carbonyl (C=O) groups excluding carboxylic acids is 1. The van der Waals surface area contributed by atoms with Crippen LogP contribution in [0.1, 0.15) is 30.6 Å². The molecule has 1 rings (SSSR count). The minimum Gasteiger partial charge on any atom is -0.385 e. The van der Waals surface area contributed by atoms with Crippen LogP contribution < -0.4 is 10.2 Å². The van der Waals surface area contributed by atoms with Gasteiger partial charge < -0.3 is 15.0 Å². The maximum atomic E-state index is 11.9. The molecule has 106 valence electrons. The van der Waals surface area contributed by atoms with E-state index in [1.54, 1.807) is 7.11 Å². The van der Waals surface area contributed by atoms with E-state index in [-0.39, 0.29) is 5.91 Å². The van der Waals surface area contributed by atoms with Crippen LogP contribution in [0.3, 0.4) is 0 Å². The number of ether oxygens (including phenoxy) is 1. The first-order valence-corrected chi connectivity index (χ1v) is 6.85. The molecule has 1 amide bonds. The Labute approximate surface area is 115 Å². The third kappa shape index (κ3) is 4.91. The third-order valence-electron chi connectivity index (χ3n) is 3.07. The fourth-order valence-electron chi connectivity index (χ4n) is 1.93. The van der Waals surface area contributed by atoms with Crippen LogP contribution in [0.4, 0.5) is 5.69 Å². The molecular weight excluding hydrogens is 240 g/mol. The molecule has 4 heteroatoms. The topological polar surface area (TPSA) is 41.6 Å². The van der Waals surface area contributed by atoms with Crippen molar-refractivity contribution in [3.63, 3.8) is 0 Å². The van der Waals surface area contributed by atoms with Crippen LogP contribution in [0.5, 0.6) is 0 Å². The summed E-state index contributed by atoms with van der Waals surface area (Å²) in [7, 11) is 1.66. The van der Waals surface area contributed by atoms with Crippen molar-refractivity contribution < 1.29 is 9.53 Å². The first-order chi connectivity index (χ1) is 9.22. The van der Waals surface area contributed by atoms with Crippen LogP contribution in [0, 0.1) is 0 Å². The van der Waals surface area contributed by atoms with Gasteiger partial charge in [0, 0.05) is 44.6 Å². The molecule has 0 aliphatic carbocycles. The summed E-state index contributed by atoms with van der Waals surface area (Å²) >= 11 is 0. The molecule has 0 spiro atoms. The van der Waals surface area contributed by atoms with Gasteiger partial charge in [-0.25, -0.2) is 0 Å². The van der Waals surface area contributed by atoms with E-state index < -0.39 is 0 Å². The van der Waals surface area contributed by atoms with E-state index in [0.717, 1.165) is 25.2 Å². The van der Waals surface area contributed by atoms with Gasteiger partial charge in [0.1, 0.15) is 0 Å². The average molecular weight is 264 g/mol. The Morgan fingerprint density at radius 1 is 1.21 bits per heavy atom. The van der Waals surface area contributed by atoms with Crippen LogP contribution in [0.25, 0.3) is 0 Å². The van der Waals surface area contributed by atoms with E-state index in [2.05, 4.69) is 24.1 Å². The lowest BCUT2D eigenvalue weighted by molar-refractivity contribution is 0.0948. The molecule has 0 atom stereocenters. The number of carbonyl (C=O) groups is 1. The van der Waals surface area contributed by atoms with Crippen molar-refractivity contribution in [3.8, 4) is 0 Å². The van der Waals surface area contributed by atoms with E-state index >= 15 is 0 Å². The van der Waals surface area contributed by atoms with E-state index in [1.165, 1.54) is 0 Å². The Morgan fingerprint density at radius 2 is 1.84 bits per heavy atom. The van der Waals surface area contributed by atoms with E-state index in [0.29, 0.717) is 18.7 Å². The van der Waals surface area contributed by atoms with Crippen LogP contribution in [0.15, 0.2) is 24.3 Å². The summed E-state index contributed by atoms with van der Waals surface area (Å²) < 4.78 is 4.94. The Hall–Kier alpha value is -1.55. The standard InChI is InChI=1S/C15H24N2O2/c1-4-17(5-2)14-9-7-13(8-10-14)15(18)16-11-6-12-19-3/h7-10H,4-6,11-12H2,1-3H3,(H,16,18). The van der Waals surface area contributed by atoms with Gasteiger partial charge in [-0.1, -0.05) is 0 Å². The number of rotatable bonds is 8. The minimum atomic E-state index is -0.0257. The lowest BCUT2D eigenvalue weighted by Gasteiger charge is -2.21. The molecule has 1 N–H and O–H groups in total. The van der Waals surface area contributed by atoms with Gasteiger partial charge in [0.2, 0.25) is 0 Å². The highest BCUT2D eigenvalue weighted by Gasteiger charge is 2.06. The maximum Gasteiger partial charge on any atom is 0.251 e. The summed E-state index contributed by atoms with van der Waals surface area (Å²) in [5.41, 5.74) is 1.86. The highest BCUT2D eigenvalue weighted by atomic mass is 16.5. The molecule has 1 aromatic rings. The second kappa shape index (κ2) is 8.53. The zero-order chi connectivity index (χ0) is 14.1. The monoisotopic (exact) mass is 264 g/mol. The summed E-state index contributed by atoms with van der Waals surface area (Å²) in [6.07, 6.45) is 0.833.